The van der Waals surface area contributed by atoms with Crippen molar-refractivity contribution >= 4 is 10.2 Å². The fourth-order valence-electron chi connectivity index (χ4n) is 1.12. The van der Waals surface area contributed by atoms with Crippen molar-refractivity contribution in [1.29, 1.82) is 0 Å². The summed E-state index contributed by atoms with van der Waals surface area (Å²) >= 11 is 0. The highest BCUT2D eigenvalue weighted by Gasteiger charge is 2.33. The Hall–Kier alpha value is -0.170. The second-order valence-electron chi connectivity index (χ2n) is 3.24. The average Bonchev–Trinajstić information content (AvgIpc) is 1.98. The van der Waals surface area contributed by atoms with Crippen molar-refractivity contribution in [2.24, 2.45) is 5.73 Å². The van der Waals surface area contributed by atoms with Crippen LogP contribution in [0.2, 0.25) is 0 Å². The van der Waals surface area contributed by atoms with Gasteiger partial charge in [-0.05, 0) is 19.3 Å². The van der Waals surface area contributed by atoms with Crippen LogP contribution in [0.3, 0.4) is 0 Å². The molecule has 0 atom stereocenters. The minimum atomic E-state index is -3.31. The fraction of sp³-hybridized carbons (Fsp3) is 1.00. The van der Waals surface area contributed by atoms with Crippen LogP contribution in [0.25, 0.3) is 0 Å². The summed E-state index contributed by atoms with van der Waals surface area (Å²) in [6.45, 7) is 0.330. The molecule has 0 heterocycles. The third kappa shape index (κ3) is 2.41. The van der Waals surface area contributed by atoms with E-state index in [9.17, 15) is 8.42 Å². The van der Waals surface area contributed by atoms with Gasteiger partial charge in [-0.25, -0.2) is 9.44 Å². The van der Waals surface area contributed by atoms with E-state index in [1.807, 2.05) is 0 Å². The molecular formula is C6H15N3O2S. The first-order valence-corrected chi connectivity index (χ1v) is 5.43. The van der Waals surface area contributed by atoms with E-state index in [1.165, 1.54) is 7.05 Å². The molecule has 1 rings (SSSR count). The van der Waals surface area contributed by atoms with Crippen molar-refractivity contribution in [2.75, 3.05) is 13.6 Å². The zero-order valence-electron chi connectivity index (χ0n) is 7.13. The van der Waals surface area contributed by atoms with Crippen LogP contribution in [0.1, 0.15) is 19.3 Å². The number of rotatable bonds is 4. The standard InChI is InChI=1S/C6H15N3O2S/c1-8-12(10,11)9-5-6(7)3-2-4-6/h8-9H,2-5,7H2,1H3. The summed E-state index contributed by atoms with van der Waals surface area (Å²) in [5.41, 5.74) is 5.51. The first-order valence-electron chi connectivity index (χ1n) is 3.94. The summed E-state index contributed by atoms with van der Waals surface area (Å²) in [6, 6.07) is 0. The van der Waals surface area contributed by atoms with Gasteiger partial charge in [0.1, 0.15) is 0 Å². The highest BCUT2D eigenvalue weighted by molar-refractivity contribution is 7.87. The van der Waals surface area contributed by atoms with Crippen LogP contribution in [0, 0.1) is 0 Å². The lowest BCUT2D eigenvalue weighted by Gasteiger charge is -2.37. The first-order chi connectivity index (χ1) is 5.47. The van der Waals surface area contributed by atoms with Gasteiger partial charge in [0.15, 0.2) is 0 Å². The van der Waals surface area contributed by atoms with Gasteiger partial charge in [-0.15, -0.1) is 0 Å². The van der Waals surface area contributed by atoms with Crippen LogP contribution in [0.5, 0.6) is 0 Å². The zero-order valence-corrected chi connectivity index (χ0v) is 7.95. The second kappa shape index (κ2) is 3.29. The van der Waals surface area contributed by atoms with Crippen molar-refractivity contribution in [3.8, 4) is 0 Å². The number of hydrogen-bond acceptors (Lipinski definition) is 3. The summed E-state index contributed by atoms with van der Waals surface area (Å²) in [4.78, 5) is 0. The predicted molar refractivity (Wildman–Crippen MR) is 46.8 cm³/mol. The highest BCUT2D eigenvalue weighted by atomic mass is 32.2. The Balaban J connectivity index is 2.35. The first kappa shape index (κ1) is 9.91. The van der Waals surface area contributed by atoms with Gasteiger partial charge in [-0.1, -0.05) is 0 Å². The highest BCUT2D eigenvalue weighted by Crippen LogP contribution is 2.28. The van der Waals surface area contributed by atoms with E-state index < -0.39 is 10.2 Å². The van der Waals surface area contributed by atoms with Crippen molar-refractivity contribution in [3.05, 3.63) is 0 Å². The molecular weight excluding hydrogens is 178 g/mol. The molecule has 12 heavy (non-hydrogen) atoms. The maximum Gasteiger partial charge on any atom is 0.276 e. The normalized spacial score (nSPS) is 21.8. The zero-order chi connectivity index (χ0) is 9.24. The Labute approximate surface area is 72.9 Å². The molecule has 1 aliphatic rings. The molecule has 0 saturated heterocycles. The molecule has 0 bridgehead atoms. The Kier molecular flexibility index (Phi) is 2.72. The van der Waals surface area contributed by atoms with Crippen LogP contribution < -0.4 is 15.2 Å². The number of nitrogens with one attached hydrogen (secondary N) is 2. The van der Waals surface area contributed by atoms with Crippen molar-refractivity contribution < 1.29 is 8.42 Å². The molecule has 1 fully saturated rings. The summed E-state index contributed by atoms with van der Waals surface area (Å²) in [6.07, 6.45) is 2.90. The lowest BCUT2D eigenvalue weighted by Crippen LogP contribution is -2.56. The Morgan fingerprint density at radius 2 is 2.08 bits per heavy atom. The molecule has 0 aromatic rings. The topological polar surface area (TPSA) is 84.2 Å². The van der Waals surface area contributed by atoms with E-state index in [0.29, 0.717) is 6.54 Å². The van der Waals surface area contributed by atoms with E-state index in [4.69, 9.17) is 5.73 Å². The molecule has 72 valence electrons. The van der Waals surface area contributed by atoms with Crippen molar-refractivity contribution in [2.45, 2.75) is 24.8 Å². The van der Waals surface area contributed by atoms with Crippen LogP contribution >= 0.6 is 0 Å². The van der Waals surface area contributed by atoms with E-state index >= 15 is 0 Å². The van der Waals surface area contributed by atoms with Gasteiger partial charge < -0.3 is 5.73 Å². The van der Waals surface area contributed by atoms with Crippen LogP contribution in [-0.4, -0.2) is 27.5 Å². The van der Waals surface area contributed by atoms with E-state index in [-0.39, 0.29) is 5.54 Å². The molecule has 1 saturated carbocycles. The van der Waals surface area contributed by atoms with Crippen molar-refractivity contribution in [3.63, 3.8) is 0 Å². The van der Waals surface area contributed by atoms with Gasteiger partial charge >= 0.3 is 0 Å². The monoisotopic (exact) mass is 193 g/mol. The molecule has 0 spiro atoms. The lowest BCUT2D eigenvalue weighted by atomic mass is 9.78. The fourth-order valence-corrected chi connectivity index (χ4v) is 1.74. The Bertz CT molecular complexity index is 246. The predicted octanol–water partition coefficient (Wildman–Crippen LogP) is -1.08. The van der Waals surface area contributed by atoms with Crippen LogP contribution in [0.15, 0.2) is 0 Å². The Morgan fingerprint density at radius 3 is 2.42 bits per heavy atom. The molecule has 1 aliphatic carbocycles. The van der Waals surface area contributed by atoms with Gasteiger partial charge in [0.25, 0.3) is 10.2 Å². The molecule has 5 nitrogen and oxygen atoms in total. The SMILES string of the molecule is CNS(=O)(=O)NCC1(N)CCC1. The van der Waals surface area contributed by atoms with Gasteiger partial charge in [-0.2, -0.15) is 8.42 Å². The molecule has 0 aromatic heterocycles. The van der Waals surface area contributed by atoms with Crippen LogP contribution in [0.4, 0.5) is 0 Å². The molecule has 0 aromatic carbocycles. The van der Waals surface area contributed by atoms with E-state index in [0.717, 1.165) is 19.3 Å². The third-order valence-corrected chi connectivity index (χ3v) is 3.29. The third-order valence-electron chi connectivity index (χ3n) is 2.23. The number of hydrogen-bond donors (Lipinski definition) is 3. The minimum absolute atomic E-state index is 0.302. The van der Waals surface area contributed by atoms with Gasteiger partial charge in [-0.3, -0.25) is 0 Å². The molecule has 6 heteroatoms. The van der Waals surface area contributed by atoms with Gasteiger partial charge in [0.2, 0.25) is 0 Å². The molecule has 0 aliphatic heterocycles. The minimum Gasteiger partial charge on any atom is -0.324 e. The van der Waals surface area contributed by atoms with Gasteiger partial charge in [0.05, 0.1) is 0 Å². The maximum absolute atomic E-state index is 10.9. The second-order valence-corrected chi connectivity index (χ2v) is 4.95. The maximum atomic E-state index is 10.9. The summed E-state index contributed by atoms with van der Waals surface area (Å²) in [5, 5.41) is 0. The van der Waals surface area contributed by atoms with Crippen LogP contribution in [-0.2, 0) is 10.2 Å². The molecule has 0 unspecified atom stereocenters. The van der Waals surface area contributed by atoms with E-state index in [1.54, 1.807) is 0 Å². The molecule has 4 N–H and O–H groups in total. The summed E-state index contributed by atoms with van der Waals surface area (Å²) in [7, 11) is -1.94. The Morgan fingerprint density at radius 1 is 1.50 bits per heavy atom. The quantitative estimate of drug-likeness (QED) is 0.531. The van der Waals surface area contributed by atoms with Crippen molar-refractivity contribution in [1.82, 2.24) is 9.44 Å². The summed E-state index contributed by atoms with van der Waals surface area (Å²) < 4.78 is 26.4. The molecule has 0 radical (unpaired) electrons. The number of nitrogens with two attached hydrogens (primary N) is 1. The lowest BCUT2D eigenvalue weighted by molar-refractivity contribution is 0.250. The summed E-state index contributed by atoms with van der Waals surface area (Å²) in [5.74, 6) is 0. The average molecular weight is 193 g/mol. The smallest absolute Gasteiger partial charge is 0.276 e. The largest absolute Gasteiger partial charge is 0.324 e. The van der Waals surface area contributed by atoms with E-state index in [2.05, 4.69) is 9.44 Å². The molecule has 0 amide bonds. The van der Waals surface area contributed by atoms with Gasteiger partial charge in [0, 0.05) is 19.1 Å².